The molecule has 0 saturated heterocycles. The van der Waals surface area contributed by atoms with Crippen LogP contribution in [-0.4, -0.2) is 10.8 Å². The first-order valence-corrected chi connectivity index (χ1v) is 9.19. The molecule has 0 spiro atoms. The lowest BCUT2D eigenvalue weighted by Crippen LogP contribution is -1.95. The van der Waals surface area contributed by atoms with Crippen LogP contribution in [0.5, 0.6) is 0 Å². The molecule has 0 aliphatic heterocycles. The number of pyridine rings is 1. The Kier molecular flexibility index (Phi) is 3.32. The molecule has 27 heavy (non-hydrogen) atoms. The third kappa shape index (κ3) is 2.33. The van der Waals surface area contributed by atoms with Gasteiger partial charge in [-0.1, -0.05) is 35.4 Å². The molecule has 3 aromatic carbocycles. The van der Waals surface area contributed by atoms with Gasteiger partial charge >= 0.3 is 0 Å². The third-order valence-corrected chi connectivity index (χ3v) is 5.43. The largest absolute Gasteiger partial charge is 0.289 e. The molecule has 130 valence electrons. The van der Waals surface area contributed by atoms with Crippen molar-refractivity contribution in [2.24, 2.45) is 0 Å². The smallest absolute Gasteiger partial charge is 0.194 e. The van der Waals surface area contributed by atoms with Crippen LogP contribution >= 0.6 is 0 Å². The number of carbonyl (C=O) groups is 1. The second-order valence-corrected chi connectivity index (χ2v) is 7.48. The Bertz CT molecular complexity index is 1250. The number of benzene rings is 3. The maximum atomic E-state index is 12.9. The average Bonchev–Trinajstić information content (AvgIpc) is 2.92. The molecular formula is C25H19NO. The van der Waals surface area contributed by atoms with Crippen LogP contribution in [0.2, 0.25) is 0 Å². The van der Waals surface area contributed by atoms with E-state index in [1.807, 2.05) is 30.5 Å². The van der Waals surface area contributed by atoms with E-state index in [4.69, 9.17) is 4.98 Å². The standard InChI is InChI=1S/C25H19NO/c1-14-9-15(2)11-18(10-14)24-20-13-21-22(12-17(20)7-8-26-24)25(27)19-6-4-5-16(3)23(19)21/h4-13H,1-3H3. The molecule has 0 saturated carbocycles. The van der Waals surface area contributed by atoms with Gasteiger partial charge in [0.2, 0.25) is 0 Å². The third-order valence-electron chi connectivity index (χ3n) is 5.43. The van der Waals surface area contributed by atoms with Gasteiger partial charge in [-0.2, -0.15) is 0 Å². The number of nitrogens with zero attached hydrogens (tertiary/aromatic N) is 1. The zero-order chi connectivity index (χ0) is 18.7. The Hall–Kier alpha value is -3.26. The first kappa shape index (κ1) is 16.0. The molecule has 1 heterocycles. The van der Waals surface area contributed by atoms with Crippen molar-refractivity contribution in [2.45, 2.75) is 20.8 Å². The molecule has 5 rings (SSSR count). The second kappa shape index (κ2) is 5.62. The second-order valence-electron chi connectivity index (χ2n) is 7.48. The number of rotatable bonds is 1. The van der Waals surface area contributed by atoms with Crippen molar-refractivity contribution in [2.75, 3.05) is 0 Å². The topological polar surface area (TPSA) is 30.0 Å². The fraction of sp³-hybridized carbons (Fsp3) is 0.120. The minimum absolute atomic E-state index is 0.121. The summed E-state index contributed by atoms with van der Waals surface area (Å²) in [5.74, 6) is 0.121. The van der Waals surface area contributed by atoms with Crippen molar-refractivity contribution < 1.29 is 4.79 Å². The number of ketones is 1. The van der Waals surface area contributed by atoms with Crippen LogP contribution in [0.4, 0.5) is 0 Å². The van der Waals surface area contributed by atoms with Gasteiger partial charge in [0.1, 0.15) is 0 Å². The molecule has 0 bridgehead atoms. The van der Waals surface area contributed by atoms with Crippen LogP contribution in [0.3, 0.4) is 0 Å². The quantitative estimate of drug-likeness (QED) is 0.369. The number of carbonyl (C=O) groups excluding carboxylic acids is 1. The average molecular weight is 349 g/mol. The van der Waals surface area contributed by atoms with E-state index in [1.165, 1.54) is 11.1 Å². The van der Waals surface area contributed by atoms with Crippen molar-refractivity contribution in [1.82, 2.24) is 4.98 Å². The summed E-state index contributed by atoms with van der Waals surface area (Å²) < 4.78 is 0. The van der Waals surface area contributed by atoms with Gasteiger partial charge in [0.25, 0.3) is 0 Å². The first-order valence-electron chi connectivity index (χ1n) is 9.19. The molecule has 1 aliphatic rings. The minimum atomic E-state index is 0.121. The number of aromatic nitrogens is 1. The van der Waals surface area contributed by atoms with E-state index in [1.54, 1.807) is 0 Å². The van der Waals surface area contributed by atoms with Crippen LogP contribution < -0.4 is 0 Å². The summed E-state index contributed by atoms with van der Waals surface area (Å²) in [6.07, 6.45) is 1.83. The summed E-state index contributed by atoms with van der Waals surface area (Å²) in [6, 6.07) is 18.6. The summed E-state index contributed by atoms with van der Waals surface area (Å²) in [5, 5.41) is 2.14. The lowest BCUT2D eigenvalue weighted by molar-refractivity contribution is 0.104. The van der Waals surface area contributed by atoms with Crippen LogP contribution in [0.25, 0.3) is 33.2 Å². The van der Waals surface area contributed by atoms with Crippen molar-refractivity contribution in [3.05, 3.63) is 88.6 Å². The van der Waals surface area contributed by atoms with E-state index in [9.17, 15) is 4.79 Å². The molecule has 0 unspecified atom stereocenters. The molecule has 0 N–H and O–H groups in total. The lowest BCUT2D eigenvalue weighted by atomic mass is 9.95. The number of hydrogen-bond donors (Lipinski definition) is 0. The van der Waals surface area contributed by atoms with Crippen LogP contribution in [0.15, 0.2) is 60.8 Å². The number of fused-ring (bicyclic) bond motifs is 4. The molecule has 0 radical (unpaired) electrons. The summed E-state index contributed by atoms with van der Waals surface area (Å²) >= 11 is 0. The van der Waals surface area contributed by atoms with E-state index in [-0.39, 0.29) is 5.78 Å². The molecule has 2 heteroatoms. The summed E-state index contributed by atoms with van der Waals surface area (Å²) in [6.45, 7) is 6.29. The maximum Gasteiger partial charge on any atom is 0.194 e. The predicted octanol–water partition coefficient (Wildman–Crippen LogP) is 6.04. The molecule has 1 aliphatic carbocycles. The van der Waals surface area contributed by atoms with Gasteiger partial charge in [-0.25, -0.2) is 0 Å². The van der Waals surface area contributed by atoms with Gasteiger partial charge in [0, 0.05) is 28.3 Å². The molecule has 0 fully saturated rings. The summed E-state index contributed by atoms with van der Waals surface area (Å²) in [4.78, 5) is 17.6. The Morgan fingerprint density at radius 2 is 1.56 bits per heavy atom. The van der Waals surface area contributed by atoms with Crippen molar-refractivity contribution >= 4 is 16.6 Å². The first-order chi connectivity index (χ1) is 13.0. The molecule has 4 aromatic rings. The van der Waals surface area contributed by atoms with Gasteiger partial charge in [-0.05, 0) is 73.2 Å². The number of hydrogen-bond acceptors (Lipinski definition) is 2. The molecule has 0 atom stereocenters. The highest BCUT2D eigenvalue weighted by molar-refractivity contribution is 6.24. The monoisotopic (exact) mass is 349 g/mol. The Morgan fingerprint density at radius 3 is 2.33 bits per heavy atom. The van der Waals surface area contributed by atoms with Crippen LogP contribution in [0.1, 0.15) is 32.6 Å². The molecule has 0 amide bonds. The number of aryl methyl sites for hydroxylation is 3. The Labute approximate surface area is 158 Å². The van der Waals surface area contributed by atoms with Gasteiger partial charge in [0.15, 0.2) is 5.78 Å². The Morgan fingerprint density at radius 1 is 0.778 bits per heavy atom. The SMILES string of the molecule is Cc1cc(C)cc(-c2nccc3cc4c(cc23)-c2c(C)cccc2C4=O)c1. The van der Waals surface area contributed by atoms with Gasteiger partial charge in [-0.15, -0.1) is 0 Å². The normalized spacial score (nSPS) is 12.3. The van der Waals surface area contributed by atoms with E-state index < -0.39 is 0 Å². The Balaban J connectivity index is 1.84. The van der Waals surface area contributed by atoms with Gasteiger partial charge in [-0.3, -0.25) is 9.78 Å². The highest BCUT2D eigenvalue weighted by Gasteiger charge is 2.28. The fourth-order valence-electron chi connectivity index (χ4n) is 4.32. The van der Waals surface area contributed by atoms with Crippen LogP contribution in [-0.2, 0) is 0 Å². The maximum absolute atomic E-state index is 12.9. The highest BCUT2D eigenvalue weighted by atomic mass is 16.1. The van der Waals surface area contributed by atoms with Crippen molar-refractivity contribution in [3.63, 3.8) is 0 Å². The highest BCUT2D eigenvalue weighted by Crippen LogP contribution is 2.42. The molecule has 1 aromatic heterocycles. The van der Waals surface area contributed by atoms with E-state index in [2.05, 4.69) is 51.1 Å². The molecular weight excluding hydrogens is 330 g/mol. The molecule has 2 nitrogen and oxygen atoms in total. The predicted molar refractivity (Wildman–Crippen MR) is 110 cm³/mol. The summed E-state index contributed by atoms with van der Waals surface area (Å²) in [7, 11) is 0. The van der Waals surface area contributed by atoms with Crippen molar-refractivity contribution in [3.8, 4) is 22.4 Å². The van der Waals surface area contributed by atoms with Gasteiger partial charge in [0.05, 0.1) is 5.69 Å². The van der Waals surface area contributed by atoms with Gasteiger partial charge < -0.3 is 0 Å². The minimum Gasteiger partial charge on any atom is -0.289 e. The summed E-state index contributed by atoms with van der Waals surface area (Å²) in [5.41, 5.74) is 9.36. The zero-order valence-corrected chi connectivity index (χ0v) is 15.6. The van der Waals surface area contributed by atoms with E-state index in [0.717, 1.165) is 49.8 Å². The van der Waals surface area contributed by atoms with E-state index >= 15 is 0 Å². The van der Waals surface area contributed by atoms with E-state index in [0.29, 0.717) is 0 Å². The fourth-order valence-corrected chi connectivity index (χ4v) is 4.32. The lowest BCUT2D eigenvalue weighted by Gasteiger charge is -2.11. The van der Waals surface area contributed by atoms with Crippen molar-refractivity contribution in [1.29, 1.82) is 0 Å². The zero-order valence-electron chi connectivity index (χ0n) is 15.6. The van der Waals surface area contributed by atoms with Crippen LogP contribution in [0, 0.1) is 20.8 Å².